The van der Waals surface area contributed by atoms with Gasteiger partial charge in [-0.25, -0.2) is 0 Å². The molecular formula is C11H22N2O. The summed E-state index contributed by atoms with van der Waals surface area (Å²) in [6.45, 7) is 8.24. The van der Waals surface area contributed by atoms with Crippen molar-refractivity contribution in [2.45, 2.75) is 25.8 Å². The van der Waals surface area contributed by atoms with Crippen molar-refractivity contribution in [2.24, 2.45) is 5.92 Å². The first-order chi connectivity index (χ1) is 6.79. The zero-order valence-corrected chi connectivity index (χ0v) is 9.15. The van der Waals surface area contributed by atoms with Gasteiger partial charge in [-0.3, -0.25) is 9.80 Å². The second-order valence-electron chi connectivity index (χ2n) is 4.81. The van der Waals surface area contributed by atoms with Crippen LogP contribution >= 0.6 is 0 Å². The molecule has 3 nitrogen and oxygen atoms in total. The average Bonchev–Trinajstić information content (AvgIpc) is 2.94. The van der Waals surface area contributed by atoms with E-state index in [1.807, 2.05) is 0 Å². The Morgan fingerprint density at radius 2 is 2.07 bits per heavy atom. The Bertz CT molecular complexity index is 182. The van der Waals surface area contributed by atoms with Crippen LogP contribution in [0.4, 0.5) is 0 Å². The Labute approximate surface area is 86.7 Å². The van der Waals surface area contributed by atoms with Gasteiger partial charge in [-0.2, -0.15) is 0 Å². The molecule has 0 unspecified atom stereocenters. The van der Waals surface area contributed by atoms with Crippen LogP contribution < -0.4 is 0 Å². The molecule has 0 amide bonds. The maximum absolute atomic E-state index is 8.87. The minimum absolute atomic E-state index is 0.301. The van der Waals surface area contributed by atoms with Gasteiger partial charge in [0.15, 0.2) is 0 Å². The first-order valence-electron chi connectivity index (χ1n) is 5.87. The van der Waals surface area contributed by atoms with Crippen LogP contribution in [0.15, 0.2) is 0 Å². The fourth-order valence-electron chi connectivity index (χ4n) is 2.32. The molecular weight excluding hydrogens is 176 g/mol. The molecule has 1 saturated heterocycles. The number of aliphatic hydroxyl groups is 1. The average molecular weight is 198 g/mol. The van der Waals surface area contributed by atoms with E-state index < -0.39 is 0 Å². The topological polar surface area (TPSA) is 26.7 Å². The van der Waals surface area contributed by atoms with Gasteiger partial charge in [-0.15, -0.1) is 0 Å². The van der Waals surface area contributed by atoms with Crippen molar-refractivity contribution in [3.63, 3.8) is 0 Å². The second kappa shape index (κ2) is 4.60. The summed E-state index contributed by atoms with van der Waals surface area (Å²) in [7, 11) is 0. The molecule has 1 atom stereocenters. The fourth-order valence-corrected chi connectivity index (χ4v) is 2.32. The van der Waals surface area contributed by atoms with E-state index in [2.05, 4.69) is 16.7 Å². The smallest absolute Gasteiger partial charge is 0.0558 e. The fraction of sp³-hybridized carbons (Fsp3) is 1.00. The van der Waals surface area contributed by atoms with E-state index in [1.165, 1.54) is 25.9 Å². The number of hydrogen-bond donors (Lipinski definition) is 1. The van der Waals surface area contributed by atoms with Crippen LogP contribution in [-0.2, 0) is 0 Å². The van der Waals surface area contributed by atoms with Gasteiger partial charge in [0.1, 0.15) is 0 Å². The lowest BCUT2D eigenvalue weighted by Crippen LogP contribution is -2.52. The number of aliphatic hydroxyl groups excluding tert-OH is 1. The monoisotopic (exact) mass is 198 g/mol. The summed E-state index contributed by atoms with van der Waals surface area (Å²) in [6, 6.07) is 0.677. The highest BCUT2D eigenvalue weighted by molar-refractivity contribution is 4.84. The quantitative estimate of drug-likeness (QED) is 0.708. The van der Waals surface area contributed by atoms with Crippen LogP contribution in [0.3, 0.4) is 0 Å². The molecule has 14 heavy (non-hydrogen) atoms. The first-order valence-corrected chi connectivity index (χ1v) is 5.87. The zero-order chi connectivity index (χ0) is 9.97. The normalized spacial score (nSPS) is 30.9. The molecule has 0 aromatic heterocycles. The van der Waals surface area contributed by atoms with Gasteiger partial charge in [-0.1, -0.05) is 0 Å². The molecule has 0 aromatic rings. The summed E-state index contributed by atoms with van der Waals surface area (Å²) in [5.41, 5.74) is 0. The third-order valence-corrected chi connectivity index (χ3v) is 3.46. The van der Waals surface area contributed by atoms with Crippen molar-refractivity contribution in [1.29, 1.82) is 0 Å². The SMILES string of the molecule is C[C@@H]1CN(CCO)CCN1CC1CC1. The van der Waals surface area contributed by atoms with Crippen LogP contribution in [0.5, 0.6) is 0 Å². The number of rotatable bonds is 4. The lowest BCUT2D eigenvalue weighted by atomic mass is 10.2. The van der Waals surface area contributed by atoms with E-state index in [9.17, 15) is 0 Å². The summed E-state index contributed by atoms with van der Waals surface area (Å²) in [5, 5.41) is 8.87. The standard InChI is InChI=1S/C11H22N2O/c1-10-8-12(6-7-14)4-5-13(10)9-11-2-3-11/h10-11,14H,2-9H2,1H3/t10-/m1/s1. The molecule has 3 heteroatoms. The molecule has 0 radical (unpaired) electrons. The van der Waals surface area contributed by atoms with Crippen molar-refractivity contribution in [1.82, 2.24) is 9.80 Å². The van der Waals surface area contributed by atoms with E-state index in [4.69, 9.17) is 5.11 Å². The molecule has 0 aromatic carbocycles. The zero-order valence-electron chi connectivity index (χ0n) is 9.15. The van der Waals surface area contributed by atoms with E-state index in [1.54, 1.807) is 0 Å². The Kier molecular flexibility index (Phi) is 3.42. The number of β-amino-alcohol motifs (C(OH)–C–C–N with tert-alkyl or cyclic N) is 1. The van der Waals surface area contributed by atoms with Crippen molar-refractivity contribution in [3.05, 3.63) is 0 Å². The Morgan fingerprint density at radius 1 is 1.29 bits per heavy atom. The minimum atomic E-state index is 0.301. The van der Waals surface area contributed by atoms with Crippen LogP contribution in [0.1, 0.15) is 19.8 Å². The van der Waals surface area contributed by atoms with Crippen molar-refractivity contribution in [3.8, 4) is 0 Å². The number of piperazine rings is 1. The molecule has 1 aliphatic heterocycles. The van der Waals surface area contributed by atoms with Crippen LogP contribution in [-0.4, -0.2) is 60.3 Å². The molecule has 1 N–H and O–H groups in total. The van der Waals surface area contributed by atoms with Gasteiger partial charge >= 0.3 is 0 Å². The lowest BCUT2D eigenvalue weighted by Gasteiger charge is -2.39. The molecule has 2 fully saturated rings. The molecule has 2 aliphatic rings. The maximum Gasteiger partial charge on any atom is 0.0558 e. The highest BCUT2D eigenvalue weighted by atomic mass is 16.3. The number of hydrogen-bond acceptors (Lipinski definition) is 3. The van der Waals surface area contributed by atoms with Gasteiger partial charge in [0.25, 0.3) is 0 Å². The van der Waals surface area contributed by atoms with Gasteiger partial charge in [0, 0.05) is 38.8 Å². The Hall–Kier alpha value is -0.120. The van der Waals surface area contributed by atoms with Gasteiger partial charge < -0.3 is 5.11 Å². The summed E-state index contributed by atoms with van der Waals surface area (Å²) >= 11 is 0. The first kappa shape index (κ1) is 10.4. The Morgan fingerprint density at radius 3 is 2.64 bits per heavy atom. The molecule has 0 spiro atoms. The summed E-state index contributed by atoms with van der Waals surface area (Å²) in [5.74, 6) is 1.00. The predicted octanol–water partition coefficient (Wildman–Crippen LogP) is 0.395. The molecule has 2 rings (SSSR count). The largest absolute Gasteiger partial charge is 0.395 e. The lowest BCUT2D eigenvalue weighted by molar-refractivity contribution is 0.0684. The highest BCUT2D eigenvalue weighted by Crippen LogP contribution is 2.30. The molecule has 1 saturated carbocycles. The van der Waals surface area contributed by atoms with Crippen molar-refractivity contribution < 1.29 is 5.11 Å². The summed E-state index contributed by atoms with van der Waals surface area (Å²) in [6.07, 6.45) is 2.90. The molecule has 1 aliphatic carbocycles. The number of nitrogens with zero attached hydrogens (tertiary/aromatic N) is 2. The molecule has 0 bridgehead atoms. The van der Waals surface area contributed by atoms with Gasteiger partial charge in [0.2, 0.25) is 0 Å². The maximum atomic E-state index is 8.87. The second-order valence-corrected chi connectivity index (χ2v) is 4.81. The van der Waals surface area contributed by atoms with Crippen LogP contribution in [0, 0.1) is 5.92 Å². The van der Waals surface area contributed by atoms with Gasteiger partial charge in [-0.05, 0) is 25.7 Å². The summed E-state index contributed by atoms with van der Waals surface area (Å²) in [4.78, 5) is 4.99. The van der Waals surface area contributed by atoms with Gasteiger partial charge in [0.05, 0.1) is 6.61 Å². The van der Waals surface area contributed by atoms with Crippen molar-refractivity contribution in [2.75, 3.05) is 39.3 Å². The molecule has 82 valence electrons. The summed E-state index contributed by atoms with van der Waals surface area (Å²) < 4.78 is 0. The third-order valence-electron chi connectivity index (χ3n) is 3.46. The van der Waals surface area contributed by atoms with E-state index in [-0.39, 0.29) is 0 Å². The predicted molar refractivity (Wildman–Crippen MR) is 57.3 cm³/mol. The van der Waals surface area contributed by atoms with E-state index in [0.717, 1.165) is 25.6 Å². The van der Waals surface area contributed by atoms with Crippen LogP contribution in [0.25, 0.3) is 0 Å². The van der Waals surface area contributed by atoms with E-state index >= 15 is 0 Å². The third kappa shape index (κ3) is 2.69. The Balaban J connectivity index is 1.74. The molecule has 1 heterocycles. The van der Waals surface area contributed by atoms with Crippen molar-refractivity contribution >= 4 is 0 Å². The minimum Gasteiger partial charge on any atom is -0.395 e. The van der Waals surface area contributed by atoms with Crippen LogP contribution in [0.2, 0.25) is 0 Å². The van der Waals surface area contributed by atoms with E-state index in [0.29, 0.717) is 12.6 Å². The highest BCUT2D eigenvalue weighted by Gasteiger charge is 2.29.